The summed E-state index contributed by atoms with van der Waals surface area (Å²) in [6.45, 7) is 3.84. The summed E-state index contributed by atoms with van der Waals surface area (Å²) >= 11 is 0. The average molecular weight is 280 g/mol. The summed E-state index contributed by atoms with van der Waals surface area (Å²) in [4.78, 5) is 4.14. The van der Waals surface area contributed by atoms with Crippen molar-refractivity contribution >= 4 is 15.5 Å². The van der Waals surface area contributed by atoms with E-state index in [0.717, 1.165) is 0 Å². The fourth-order valence-electron chi connectivity index (χ4n) is 1.82. The second-order valence-electron chi connectivity index (χ2n) is 4.51. The quantitative estimate of drug-likeness (QED) is 0.855. The molecule has 0 amide bonds. The van der Waals surface area contributed by atoms with E-state index < -0.39 is 9.84 Å². The van der Waals surface area contributed by atoms with Crippen LogP contribution in [-0.4, -0.2) is 23.2 Å². The molecule has 0 aliphatic heterocycles. The molecule has 2 rings (SSSR count). The first-order valence-corrected chi connectivity index (χ1v) is 7.52. The highest BCUT2D eigenvalue weighted by Crippen LogP contribution is 2.22. The number of anilines is 1. The number of para-hydroxylation sites is 1. The molecule has 1 aromatic heterocycles. The summed E-state index contributed by atoms with van der Waals surface area (Å²) in [7, 11) is -3.52. The van der Waals surface area contributed by atoms with Gasteiger partial charge >= 0.3 is 0 Å². The van der Waals surface area contributed by atoms with Crippen molar-refractivity contribution in [3.63, 3.8) is 0 Å². The van der Waals surface area contributed by atoms with E-state index in [1.807, 2.05) is 13.8 Å². The van der Waals surface area contributed by atoms with Gasteiger partial charge in [0.2, 0.25) is 0 Å². The van der Waals surface area contributed by atoms with Crippen molar-refractivity contribution in [1.82, 2.24) is 14.8 Å². The largest absolute Gasteiger partial charge is 0.398 e. The van der Waals surface area contributed by atoms with Gasteiger partial charge in [-0.1, -0.05) is 12.1 Å². The van der Waals surface area contributed by atoms with Crippen LogP contribution in [0.2, 0.25) is 0 Å². The van der Waals surface area contributed by atoms with Crippen molar-refractivity contribution < 1.29 is 8.42 Å². The first-order chi connectivity index (χ1) is 8.92. The summed E-state index contributed by atoms with van der Waals surface area (Å²) in [5.41, 5.74) is 5.96. The summed E-state index contributed by atoms with van der Waals surface area (Å²) < 4.78 is 26.3. The van der Waals surface area contributed by atoms with Crippen LogP contribution in [0.25, 0.3) is 0 Å². The molecule has 0 unspecified atom stereocenters. The Hall–Kier alpha value is -1.89. The van der Waals surface area contributed by atoms with Crippen LogP contribution in [0.5, 0.6) is 0 Å². The molecule has 0 radical (unpaired) electrons. The Morgan fingerprint density at radius 1 is 1.32 bits per heavy atom. The van der Waals surface area contributed by atoms with Gasteiger partial charge in [-0.2, -0.15) is 5.10 Å². The van der Waals surface area contributed by atoms with E-state index in [0.29, 0.717) is 5.82 Å². The molecule has 1 aromatic carbocycles. The van der Waals surface area contributed by atoms with Crippen LogP contribution in [0.1, 0.15) is 25.7 Å². The van der Waals surface area contributed by atoms with Gasteiger partial charge in [0, 0.05) is 6.04 Å². The first kappa shape index (κ1) is 13.5. The maximum Gasteiger partial charge on any atom is 0.187 e. The van der Waals surface area contributed by atoms with Crippen molar-refractivity contribution in [2.24, 2.45) is 0 Å². The molecule has 0 spiro atoms. The van der Waals surface area contributed by atoms with Crippen LogP contribution in [0.3, 0.4) is 0 Å². The van der Waals surface area contributed by atoms with Gasteiger partial charge in [0.15, 0.2) is 9.84 Å². The second-order valence-corrected chi connectivity index (χ2v) is 6.47. The normalized spacial score (nSPS) is 11.9. The fraction of sp³-hybridized carbons (Fsp3) is 0.333. The van der Waals surface area contributed by atoms with Crippen LogP contribution >= 0.6 is 0 Å². The Bertz CT molecular complexity index is 677. The van der Waals surface area contributed by atoms with Crippen LogP contribution < -0.4 is 5.73 Å². The lowest BCUT2D eigenvalue weighted by molar-refractivity contribution is 0.510. The maximum atomic E-state index is 12.3. The van der Waals surface area contributed by atoms with E-state index in [-0.39, 0.29) is 22.4 Å². The molecule has 0 fully saturated rings. The third-order valence-electron chi connectivity index (χ3n) is 2.71. The van der Waals surface area contributed by atoms with Gasteiger partial charge < -0.3 is 5.73 Å². The van der Waals surface area contributed by atoms with Crippen LogP contribution in [0.4, 0.5) is 5.69 Å². The zero-order chi connectivity index (χ0) is 14.0. The molecule has 0 atom stereocenters. The Labute approximate surface area is 112 Å². The maximum absolute atomic E-state index is 12.3. The number of nitrogens with two attached hydrogens (primary N) is 1. The van der Waals surface area contributed by atoms with Gasteiger partial charge in [-0.05, 0) is 26.0 Å². The molecule has 102 valence electrons. The van der Waals surface area contributed by atoms with Gasteiger partial charge in [0.05, 0.1) is 10.6 Å². The molecule has 2 N–H and O–H groups in total. The number of nitrogens with zero attached hydrogens (tertiary/aromatic N) is 3. The van der Waals surface area contributed by atoms with E-state index in [9.17, 15) is 8.42 Å². The van der Waals surface area contributed by atoms with Crippen molar-refractivity contribution in [2.45, 2.75) is 30.5 Å². The molecule has 0 bridgehead atoms. The minimum atomic E-state index is -3.52. The van der Waals surface area contributed by atoms with E-state index in [1.165, 1.54) is 12.4 Å². The fourth-order valence-corrected chi connectivity index (χ4v) is 3.24. The minimum Gasteiger partial charge on any atom is -0.398 e. The Morgan fingerprint density at radius 3 is 2.63 bits per heavy atom. The minimum absolute atomic E-state index is 0.0563. The molecule has 1 heterocycles. The van der Waals surface area contributed by atoms with Gasteiger partial charge in [0.1, 0.15) is 17.9 Å². The molecular weight excluding hydrogens is 264 g/mol. The van der Waals surface area contributed by atoms with Gasteiger partial charge in [-0.3, -0.25) is 0 Å². The predicted octanol–water partition coefficient (Wildman–Crippen LogP) is 1.42. The lowest BCUT2D eigenvalue weighted by Crippen LogP contribution is -2.14. The number of nitrogen functional groups attached to an aromatic ring is 1. The standard InChI is InChI=1S/C12H16N4O2S/c1-9(2)16-12(14-8-15-16)7-19(17,18)11-6-4-3-5-10(11)13/h3-6,8-9H,7,13H2,1-2H3. The topological polar surface area (TPSA) is 90.9 Å². The zero-order valence-corrected chi connectivity index (χ0v) is 11.6. The van der Waals surface area contributed by atoms with E-state index >= 15 is 0 Å². The molecule has 0 aliphatic carbocycles. The summed E-state index contributed by atoms with van der Waals surface area (Å²) in [5.74, 6) is 0.206. The van der Waals surface area contributed by atoms with Crippen LogP contribution in [-0.2, 0) is 15.6 Å². The monoisotopic (exact) mass is 280 g/mol. The third kappa shape index (κ3) is 2.76. The lowest BCUT2D eigenvalue weighted by atomic mass is 10.3. The average Bonchev–Trinajstić information content (AvgIpc) is 2.76. The van der Waals surface area contributed by atoms with Crippen LogP contribution in [0.15, 0.2) is 35.5 Å². The lowest BCUT2D eigenvalue weighted by Gasteiger charge is -2.10. The Morgan fingerprint density at radius 2 is 2.00 bits per heavy atom. The second kappa shape index (κ2) is 5.00. The summed E-state index contributed by atoms with van der Waals surface area (Å²) in [5, 5.41) is 4.03. The third-order valence-corrected chi connectivity index (χ3v) is 4.39. The highest BCUT2D eigenvalue weighted by molar-refractivity contribution is 7.90. The Kier molecular flexibility index (Phi) is 3.57. The number of hydrogen-bond donors (Lipinski definition) is 1. The van der Waals surface area contributed by atoms with E-state index in [2.05, 4.69) is 10.1 Å². The number of sulfone groups is 1. The number of rotatable bonds is 4. The SMILES string of the molecule is CC(C)n1ncnc1CS(=O)(=O)c1ccccc1N. The summed E-state index contributed by atoms with van der Waals surface area (Å²) in [6.07, 6.45) is 1.36. The van der Waals surface area contributed by atoms with E-state index in [1.54, 1.807) is 22.9 Å². The smallest absolute Gasteiger partial charge is 0.187 e. The Balaban J connectivity index is 2.37. The molecular formula is C12H16N4O2S. The van der Waals surface area contributed by atoms with Gasteiger partial charge in [-0.25, -0.2) is 18.1 Å². The van der Waals surface area contributed by atoms with Gasteiger partial charge in [0.25, 0.3) is 0 Å². The molecule has 19 heavy (non-hydrogen) atoms. The zero-order valence-electron chi connectivity index (χ0n) is 10.8. The molecule has 6 nitrogen and oxygen atoms in total. The predicted molar refractivity (Wildman–Crippen MR) is 72.2 cm³/mol. The summed E-state index contributed by atoms with van der Waals surface area (Å²) in [6, 6.07) is 6.48. The highest BCUT2D eigenvalue weighted by atomic mass is 32.2. The molecule has 7 heteroatoms. The van der Waals surface area contributed by atoms with E-state index in [4.69, 9.17) is 5.73 Å². The van der Waals surface area contributed by atoms with Crippen LogP contribution in [0, 0.1) is 0 Å². The number of benzene rings is 1. The highest BCUT2D eigenvalue weighted by Gasteiger charge is 2.21. The van der Waals surface area contributed by atoms with Crippen molar-refractivity contribution in [1.29, 1.82) is 0 Å². The molecule has 2 aromatic rings. The number of aromatic nitrogens is 3. The molecule has 0 aliphatic rings. The van der Waals surface area contributed by atoms with Crippen molar-refractivity contribution in [3.8, 4) is 0 Å². The molecule has 0 saturated carbocycles. The molecule has 0 saturated heterocycles. The number of hydrogen-bond acceptors (Lipinski definition) is 5. The van der Waals surface area contributed by atoms with Crippen molar-refractivity contribution in [2.75, 3.05) is 5.73 Å². The van der Waals surface area contributed by atoms with Gasteiger partial charge in [-0.15, -0.1) is 0 Å². The first-order valence-electron chi connectivity index (χ1n) is 5.87. The van der Waals surface area contributed by atoms with Crippen molar-refractivity contribution in [3.05, 3.63) is 36.4 Å².